The summed E-state index contributed by atoms with van der Waals surface area (Å²) < 4.78 is 11.5. The topological polar surface area (TPSA) is 46.6 Å². The molecule has 0 bridgehead atoms. The molecule has 0 unspecified atom stereocenters. The number of hydrogen-bond acceptors (Lipinski definition) is 3. The van der Waals surface area contributed by atoms with E-state index in [9.17, 15) is 4.79 Å². The molecule has 0 aliphatic carbocycles. The molecule has 3 aromatic rings. The van der Waals surface area contributed by atoms with Crippen molar-refractivity contribution in [1.29, 1.82) is 0 Å². The van der Waals surface area contributed by atoms with Crippen LogP contribution in [-0.2, 0) is 13.1 Å². The van der Waals surface area contributed by atoms with Crippen LogP contribution in [0.15, 0.2) is 68.3 Å². The third-order valence-electron chi connectivity index (χ3n) is 3.30. The minimum absolute atomic E-state index is 0.191. The van der Waals surface area contributed by atoms with Crippen LogP contribution in [0.3, 0.4) is 0 Å². The Bertz CT molecular complexity index is 748. The summed E-state index contributed by atoms with van der Waals surface area (Å²) >= 11 is 9.55. The monoisotopic (exact) mass is 393 g/mol. The van der Waals surface area contributed by atoms with Crippen LogP contribution in [0.1, 0.15) is 21.9 Å². The Balaban J connectivity index is 1.89. The zero-order valence-corrected chi connectivity index (χ0v) is 14.4. The average Bonchev–Trinajstić information content (AvgIpc) is 3.22. The van der Waals surface area contributed by atoms with Crippen LogP contribution in [0.5, 0.6) is 0 Å². The maximum Gasteiger partial charge on any atom is 0.256 e. The Kier molecular flexibility index (Phi) is 4.88. The fourth-order valence-electron chi connectivity index (χ4n) is 2.21. The molecule has 0 N–H and O–H groups in total. The Morgan fingerprint density at radius 1 is 1.04 bits per heavy atom. The molecule has 0 aliphatic heterocycles. The van der Waals surface area contributed by atoms with Gasteiger partial charge in [0, 0.05) is 4.47 Å². The molecule has 0 aliphatic rings. The lowest BCUT2D eigenvalue weighted by atomic mass is 10.2. The molecule has 1 amide bonds. The van der Waals surface area contributed by atoms with Gasteiger partial charge in [0.2, 0.25) is 0 Å². The molecule has 0 saturated heterocycles. The van der Waals surface area contributed by atoms with Crippen molar-refractivity contribution in [1.82, 2.24) is 4.90 Å². The van der Waals surface area contributed by atoms with Gasteiger partial charge in [-0.05, 0) is 42.5 Å². The highest BCUT2D eigenvalue weighted by Gasteiger charge is 2.21. The zero-order valence-electron chi connectivity index (χ0n) is 12.0. The quantitative estimate of drug-likeness (QED) is 0.602. The van der Waals surface area contributed by atoms with E-state index < -0.39 is 0 Å². The molecule has 3 rings (SSSR count). The Morgan fingerprint density at radius 2 is 1.65 bits per heavy atom. The first-order chi connectivity index (χ1) is 11.1. The first kappa shape index (κ1) is 15.9. The first-order valence-corrected chi connectivity index (χ1v) is 8.09. The summed E-state index contributed by atoms with van der Waals surface area (Å²) in [7, 11) is 0. The summed E-state index contributed by atoms with van der Waals surface area (Å²) in [5.74, 6) is 1.19. The zero-order chi connectivity index (χ0) is 16.2. The van der Waals surface area contributed by atoms with Crippen LogP contribution in [0.4, 0.5) is 0 Å². The van der Waals surface area contributed by atoms with Gasteiger partial charge in [-0.1, -0.05) is 27.5 Å². The van der Waals surface area contributed by atoms with Crippen molar-refractivity contribution in [2.24, 2.45) is 0 Å². The molecule has 1 aromatic carbocycles. The van der Waals surface area contributed by atoms with Crippen LogP contribution in [0, 0.1) is 0 Å². The normalized spacial score (nSPS) is 10.7. The van der Waals surface area contributed by atoms with E-state index in [1.165, 1.54) is 0 Å². The fraction of sp³-hybridized carbons (Fsp3) is 0.118. The van der Waals surface area contributed by atoms with E-state index in [1.54, 1.807) is 47.8 Å². The number of halogens is 2. The molecule has 118 valence electrons. The molecule has 0 spiro atoms. The number of nitrogens with zero attached hydrogens (tertiary/aromatic N) is 1. The lowest BCUT2D eigenvalue weighted by molar-refractivity contribution is 0.0705. The smallest absolute Gasteiger partial charge is 0.256 e. The molecule has 0 fully saturated rings. The van der Waals surface area contributed by atoms with Gasteiger partial charge in [0.25, 0.3) is 5.91 Å². The third kappa shape index (κ3) is 3.86. The van der Waals surface area contributed by atoms with Crippen molar-refractivity contribution in [3.05, 3.63) is 81.6 Å². The first-order valence-electron chi connectivity index (χ1n) is 6.92. The lowest BCUT2D eigenvalue weighted by Gasteiger charge is -2.21. The van der Waals surface area contributed by atoms with Gasteiger partial charge in [0.15, 0.2) is 0 Å². The molecule has 2 aromatic heterocycles. The maximum absolute atomic E-state index is 12.9. The molecule has 2 heterocycles. The molecule has 6 heteroatoms. The van der Waals surface area contributed by atoms with E-state index >= 15 is 0 Å². The minimum atomic E-state index is -0.191. The van der Waals surface area contributed by atoms with Gasteiger partial charge in [-0.15, -0.1) is 0 Å². The number of benzene rings is 1. The summed E-state index contributed by atoms with van der Waals surface area (Å²) in [6.07, 6.45) is 3.16. The van der Waals surface area contributed by atoms with Crippen molar-refractivity contribution in [2.75, 3.05) is 0 Å². The molecule has 0 saturated carbocycles. The summed E-state index contributed by atoms with van der Waals surface area (Å²) in [4.78, 5) is 14.5. The van der Waals surface area contributed by atoms with Gasteiger partial charge >= 0.3 is 0 Å². The van der Waals surface area contributed by atoms with Crippen molar-refractivity contribution in [3.63, 3.8) is 0 Å². The van der Waals surface area contributed by atoms with E-state index in [-0.39, 0.29) is 5.91 Å². The van der Waals surface area contributed by atoms with Crippen molar-refractivity contribution < 1.29 is 13.6 Å². The van der Waals surface area contributed by atoms with E-state index in [1.807, 2.05) is 12.1 Å². The highest BCUT2D eigenvalue weighted by molar-refractivity contribution is 9.10. The third-order valence-corrected chi connectivity index (χ3v) is 4.12. The van der Waals surface area contributed by atoms with Crippen molar-refractivity contribution >= 4 is 33.4 Å². The number of carbonyl (C=O) groups is 1. The van der Waals surface area contributed by atoms with Gasteiger partial charge in [-0.3, -0.25) is 4.79 Å². The van der Waals surface area contributed by atoms with Gasteiger partial charge in [0.05, 0.1) is 36.2 Å². The number of rotatable bonds is 5. The van der Waals surface area contributed by atoms with E-state index in [0.717, 1.165) is 4.47 Å². The Labute approximate surface area is 146 Å². The van der Waals surface area contributed by atoms with E-state index in [0.29, 0.717) is 35.2 Å². The fourth-order valence-corrected chi connectivity index (χ4v) is 2.77. The average molecular weight is 395 g/mol. The Morgan fingerprint density at radius 3 is 2.17 bits per heavy atom. The van der Waals surface area contributed by atoms with E-state index in [4.69, 9.17) is 20.4 Å². The minimum Gasteiger partial charge on any atom is -0.467 e. The van der Waals surface area contributed by atoms with Crippen molar-refractivity contribution in [3.8, 4) is 0 Å². The number of furan rings is 2. The van der Waals surface area contributed by atoms with E-state index in [2.05, 4.69) is 15.9 Å². The van der Waals surface area contributed by atoms with Crippen LogP contribution in [0.25, 0.3) is 0 Å². The molecular formula is C17H13BrClNO3. The number of carbonyl (C=O) groups excluding carboxylic acids is 1. The standard InChI is InChI=1S/C17H13BrClNO3/c18-12-5-6-16(19)15(9-12)17(21)20(10-13-3-1-7-22-13)11-14-4-2-8-23-14/h1-9H,10-11H2. The molecular weight excluding hydrogens is 382 g/mol. The Hall–Kier alpha value is -1.98. The van der Waals surface area contributed by atoms with Gasteiger partial charge in [0.1, 0.15) is 11.5 Å². The lowest BCUT2D eigenvalue weighted by Crippen LogP contribution is -2.30. The molecule has 4 nitrogen and oxygen atoms in total. The van der Waals surface area contributed by atoms with Crippen LogP contribution in [-0.4, -0.2) is 10.8 Å². The summed E-state index contributed by atoms with van der Waals surface area (Å²) in [5.41, 5.74) is 0.430. The molecule has 0 radical (unpaired) electrons. The summed E-state index contributed by atoms with van der Waals surface area (Å²) in [5, 5.41) is 0.405. The van der Waals surface area contributed by atoms with Gasteiger partial charge < -0.3 is 13.7 Å². The summed E-state index contributed by atoms with van der Waals surface area (Å²) in [6.45, 7) is 0.657. The van der Waals surface area contributed by atoms with Crippen LogP contribution >= 0.6 is 27.5 Å². The van der Waals surface area contributed by atoms with Crippen LogP contribution < -0.4 is 0 Å². The SMILES string of the molecule is O=C(c1cc(Br)ccc1Cl)N(Cc1ccco1)Cc1ccco1. The maximum atomic E-state index is 12.9. The second-order valence-electron chi connectivity index (χ2n) is 4.94. The highest BCUT2D eigenvalue weighted by atomic mass is 79.9. The number of amides is 1. The van der Waals surface area contributed by atoms with Crippen molar-refractivity contribution in [2.45, 2.75) is 13.1 Å². The van der Waals surface area contributed by atoms with Gasteiger partial charge in [-0.2, -0.15) is 0 Å². The molecule has 23 heavy (non-hydrogen) atoms. The second-order valence-corrected chi connectivity index (χ2v) is 6.27. The second kappa shape index (κ2) is 7.06. The van der Waals surface area contributed by atoms with Crippen LogP contribution in [0.2, 0.25) is 5.02 Å². The predicted molar refractivity (Wildman–Crippen MR) is 90.1 cm³/mol. The highest BCUT2D eigenvalue weighted by Crippen LogP contribution is 2.24. The summed E-state index contributed by atoms with van der Waals surface area (Å²) in [6, 6.07) is 12.4. The number of hydrogen-bond donors (Lipinski definition) is 0. The largest absolute Gasteiger partial charge is 0.467 e. The van der Waals surface area contributed by atoms with Gasteiger partial charge in [-0.25, -0.2) is 0 Å². The predicted octanol–water partition coefficient (Wildman–Crippen LogP) is 5.13. The molecule has 0 atom stereocenters.